The molecule has 1 N–H and O–H groups in total. The standard InChI is InChI=1S/C18H20O3.C2H6/c1-12-5-6-14(10-17(12)20)15-7-13(11-19)8-16(9-15)21-18(2,3)4;1-2/h5-11,20H,1-4H3;1-2H3. The highest BCUT2D eigenvalue weighted by Gasteiger charge is 2.13. The number of carbonyl (C=O) groups is 1. The summed E-state index contributed by atoms with van der Waals surface area (Å²) < 4.78 is 5.84. The number of hydrogen-bond donors (Lipinski definition) is 1. The number of carbonyl (C=O) groups excluding carboxylic acids is 1. The summed E-state index contributed by atoms with van der Waals surface area (Å²) in [6, 6.07) is 10.8. The molecule has 0 atom stereocenters. The van der Waals surface area contributed by atoms with E-state index >= 15 is 0 Å². The van der Waals surface area contributed by atoms with Crippen molar-refractivity contribution in [3.63, 3.8) is 0 Å². The Hall–Kier alpha value is -2.29. The van der Waals surface area contributed by atoms with Crippen LogP contribution in [0.5, 0.6) is 11.5 Å². The number of ether oxygens (including phenoxy) is 1. The molecule has 0 saturated heterocycles. The van der Waals surface area contributed by atoms with Gasteiger partial charge in [0.25, 0.3) is 0 Å². The Kier molecular flexibility index (Phi) is 6.38. The van der Waals surface area contributed by atoms with Crippen LogP contribution in [0.15, 0.2) is 36.4 Å². The maximum atomic E-state index is 11.1. The Morgan fingerprint density at radius 2 is 1.65 bits per heavy atom. The van der Waals surface area contributed by atoms with Crippen LogP contribution >= 0.6 is 0 Å². The van der Waals surface area contributed by atoms with E-state index in [9.17, 15) is 9.90 Å². The molecule has 0 aromatic heterocycles. The average molecular weight is 314 g/mol. The number of aromatic hydroxyl groups is 1. The van der Waals surface area contributed by atoms with Crippen LogP contribution in [0.3, 0.4) is 0 Å². The summed E-state index contributed by atoms with van der Waals surface area (Å²) in [5.74, 6) is 0.879. The van der Waals surface area contributed by atoms with Crippen LogP contribution in [-0.4, -0.2) is 17.0 Å². The zero-order valence-corrected chi connectivity index (χ0v) is 14.8. The largest absolute Gasteiger partial charge is 0.508 e. The van der Waals surface area contributed by atoms with Gasteiger partial charge in [-0.3, -0.25) is 4.79 Å². The summed E-state index contributed by atoms with van der Waals surface area (Å²) >= 11 is 0. The van der Waals surface area contributed by atoms with Crippen LogP contribution in [-0.2, 0) is 0 Å². The maximum Gasteiger partial charge on any atom is 0.150 e. The van der Waals surface area contributed by atoms with E-state index in [0.717, 1.165) is 23.0 Å². The molecular weight excluding hydrogens is 288 g/mol. The molecule has 0 fully saturated rings. The first kappa shape index (κ1) is 18.8. The predicted molar refractivity (Wildman–Crippen MR) is 95.4 cm³/mol. The fourth-order valence-corrected chi connectivity index (χ4v) is 2.06. The molecule has 0 unspecified atom stereocenters. The van der Waals surface area contributed by atoms with Crippen LogP contribution in [0, 0.1) is 6.92 Å². The van der Waals surface area contributed by atoms with Crippen molar-refractivity contribution < 1.29 is 14.6 Å². The molecule has 0 aliphatic heterocycles. The quantitative estimate of drug-likeness (QED) is 0.773. The molecule has 0 aliphatic carbocycles. The van der Waals surface area contributed by atoms with Crippen LogP contribution in [0.4, 0.5) is 0 Å². The SMILES string of the molecule is CC.Cc1ccc(-c2cc(C=O)cc(OC(C)(C)C)c2)cc1O. The minimum atomic E-state index is -0.339. The highest BCUT2D eigenvalue weighted by atomic mass is 16.5. The van der Waals surface area contributed by atoms with Gasteiger partial charge < -0.3 is 9.84 Å². The van der Waals surface area contributed by atoms with Gasteiger partial charge in [-0.1, -0.05) is 26.0 Å². The van der Waals surface area contributed by atoms with E-state index in [4.69, 9.17) is 4.74 Å². The molecule has 2 aromatic rings. The second-order valence-electron chi connectivity index (χ2n) is 6.12. The highest BCUT2D eigenvalue weighted by molar-refractivity contribution is 5.80. The first-order valence-electron chi connectivity index (χ1n) is 7.88. The van der Waals surface area contributed by atoms with Gasteiger partial charge in [0.2, 0.25) is 0 Å². The number of benzene rings is 2. The van der Waals surface area contributed by atoms with Crippen molar-refractivity contribution in [2.45, 2.75) is 47.1 Å². The van der Waals surface area contributed by atoms with Crippen molar-refractivity contribution in [3.05, 3.63) is 47.5 Å². The van der Waals surface area contributed by atoms with Gasteiger partial charge in [0, 0.05) is 5.56 Å². The van der Waals surface area contributed by atoms with Gasteiger partial charge in [0.1, 0.15) is 23.4 Å². The van der Waals surface area contributed by atoms with Crippen LogP contribution < -0.4 is 4.74 Å². The second-order valence-corrected chi connectivity index (χ2v) is 6.12. The molecule has 2 rings (SSSR count). The molecule has 0 radical (unpaired) electrons. The van der Waals surface area contributed by atoms with Crippen molar-refractivity contribution in [2.24, 2.45) is 0 Å². The zero-order valence-electron chi connectivity index (χ0n) is 14.8. The van der Waals surface area contributed by atoms with Gasteiger partial charge in [0.15, 0.2) is 0 Å². The first-order valence-corrected chi connectivity index (χ1v) is 7.88. The minimum absolute atomic E-state index is 0.238. The van der Waals surface area contributed by atoms with E-state index < -0.39 is 0 Å². The van der Waals surface area contributed by atoms with Crippen LogP contribution in [0.1, 0.15) is 50.5 Å². The fraction of sp³-hybridized carbons (Fsp3) is 0.350. The van der Waals surface area contributed by atoms with E-state index in [-0.39, 0.29) is 11.4 Å². The number of hydrogen-bond acceptors (Lipinski definition) is 3. The highest BCUT2D eigenvalue weighted by Crippen LogP contribution is 2.30. The summed E-state index contributed by atoms with van der Waals surface area (Å²) in [6.45, 7) is 11.7. The molecule has 0 bridgehead atoms. The van der Waals surface area contributed by atoms with Gasteiger partial charge in [-0.2, -0.15) is 0 Å². The van der Waals surface area contributed by atoms with Gasteiger partial charge in [-0.15, -0.1) is 0 Å². The van der Waals surface area contributed by atoms with Crippen molar-refractivity contribution in [1.29, 1.82) is 0 Å². The smallest absolute Gasteiger partial charge is 0.150 e. The normalized spacial score (nSPS) is 10.5. The maximum absolute atomic E-state index is 11.1. The summed E-state index contributed by atoms with van der Waals surface area (Å²) in [6.07, 6.45) is 0.799. The first-order chi connectivity index (χ1) is 10.8. The molecule has 0 saturated carbocycles. The zero-order chi connectivity index (χ0) is 17.6. The van der Waals surface area contributed by atoms with Gasteiger partial charge in [-0.05, 0) is 68.7 Å². The number of aryl methyl sites for hydroxylation is 1. The molecule has 2 aromatic carbocycles. The third-order valence-electron chi connectivity index (χ3n) is 3.03. The van der Waals surface area contributed by atoms with E-state index in [1.807, 2.05) is 59.7 Å². The number of phenolic OH excluding ortho intramolecular Hbond substituents is 1. The van der Waals surface area contributed by atoms with Crippen molar-refractivity contribution in [1.82, 2.24) is 0 Å². The number of aldehydes is 1. The lowest BCUT2D eigenvalue weighted by Crippen LogP contribution is -2.23. The van der Waals surface area contributed by atoms with Crippen LogP contribution in [0.2, 0.25) is 0 Å². The Morgan fingerprint density at radius 3 is 2.17 bits per heavy atom. The van der Waals surface area contributed by atoms with Crippen molar-refractivity contribution in [2.75, 3.05) is 0 Å². The second kappa shape index (κ2) is 7.82. The summed E-state index contributed by atoms with van der Waals surface area (Å²) in [7, 11) is 0. The monoisotopic (exact) mass is 314 g/mol. The number of rotatable bonds is 3. The Labute approximate surface area is 138 Å². The Balaban J connectivity index is 0.00000127. The van der Waals surface area contributed by atoms with E-state index in [1.54, 1.807) is 18.2 Å². The van der Waals surface area contributed by atoms with Gasteiger partial charge >= 0.3 is 0 Å². The lowest BCUT2D eigenvalue weighted by Gasteiger charge is -2.22. The van der Waals surface area contributed by atoms with Crippen molar-refractivity contribution in [3.8, 4) is 22.6 Å². The van der Waals surface area contributed by atoms with Crippen molar-refractivity contribution >= 4 is 6.29 Å². The van der Waals surface area contributed by atoms with E-state index in [0.29, 0.717) is 11.3 Å². The lowest BCUT2D eigenvalue weighted by molar-refractivity contribution is 0.111. The topological polar surface area (TPSA) is 46.5 Å². The fourth-order valence-electron chi connectivity index (χ4n) is 2.06. The van der Waals surface area contributed by atoms with Gasteiger partial charge in [0.05, 0.1) is 0 Å². The van der Waals surface area contributed by atoms with Gasteiger partial charge in [-0.25, -0.2) is 0 Å². The molecule has 3 nitrogen and oxygen atoms in total. The molecule has 0 heterocycles. The molecule has 23 heavy (non-hydrogen) atoms. The summed E-state index contributed by atoms with van der Waals surface area (Å²) in [4.78, 5) is 11.1. The summed E-state index contributed by atoms with van der Waals surface area (Å²) in [5, 5.41) is 9.84. The molecule has 0 aliphatic rings. The van der Waals surface area contributed by atoms with E-state index in [2.05, 4.69) is 0 Å². The lowest BCUT2D eigenvalue weighted by atomic mass is 10.0. The molecule has 0 spiro atoms. The summed E-state index contributed by atoms with van der Waals surface area (Å²) in [5.41, 5.74) is 2.71. The minimum Gasteiger partial charge on any atom is -0.508 e. The Bertz CT molecular complexity index is 667. The molecule has 0 amide bonds. The molecule has 124 valence electrons. The van der Waals surface area contributed by atoms with Crippen LogP contribution in [0.25, 0.3) is 11.1 Å². The number of phenols is 1. The predicted octanol–water partition coefficient (Wildman–Crippen LogP) is 5.38. The van der Waals surface area contributed by atoms with E-state index in [1.165, 1.54) is 0 Å². The molecular formula is C20H26O3. The third-order valence-corrected chi connectivity index (χ3v) is 3.03. The molecule has 3 heteroatoms. The average Bonchev–Trinajstić information content (AvgIpc) is 2.50. The third kappa shape index (κ3) is 5.44. The Morgan fingerprint density at radius 1 is 1.00 bits per heavy atom.